The number of esters is 2. The summed E-state index contributed by atoms with van der Waals surface area (Å²) < 4.78 is 37.5. The van der Waals surface area contributed by atoms with Gasteiger partial charge in [-0.05, 0) is 44.0 Å². The number of fused-ring (bicyclic) bond motifs is 2. The summed E-state index contributed by atoms with van der Waals surface area (Å²) in [7, 11) is -1.48. The number of carbonyl (C=O) groups is 2. The van der Waals surface area contributed by atoms with E-state index in [4.69, 9.17) is 0 Å². The molecule has 2 atom stereocenters. The van der Waals surface area contributed by atoms with Gasteiger partial charge in [-0.25, -0.2) is 18.0 Å². The van der Waals surface area contributed by atoms with Gasteiger partial charge in [-0.2, -0.15) is 4.31 Å². The van der Waals surface area contributed by atoms with Crippen molar-refractivity contribution in [3.63, 3.8) is 0 Å². The summed E-state index contributed by atoms with van der Waals surface area (Å²) in [5.74, 6) is -1.43. The first-order valence-electron chi connectivity index (χ1n) is 8.44. The van der Waals surface area contributed by atoms with E-state index in [-0.39, 0.29) is 40.5 Å². The first-order valence-corrected chi connectivity index (χ1v) is 9.88. The number of nitrogens with zero attached hydrogens (tertiary/aromatic N) is 1. The highest BCUT2D eigenvalue weighted by Crippen LogP contribution is 2.34. The van der Waals surface area contributed by atoms with Gasteiger partial charge in [0.05, 0.1) is 30.2 Å². The van der Waals surface area contributed by atoms with E-state index in [0.717, 1.165) is 25.8 Å². The predicted octanol–water partition coefficient (Wildman–Crippen LogP) is 1.20. The Morgan fingerprint density at radius 2 is 1.56 bits per heavy atom. The average molecular weight is 419 g/mol. The molecule has 1 aromatic carbocycles. The highest BCUT2D eigenvalue weighted by molar-refractivity contribution is 7.89. The summed E-state index contributed by atoms with van der Waals surface area (Å²) in [5.41, 5.74) is -0.0106. The molecular formula is C17H23ClN2O6S. The van der Waals surface area contributed by atoms with E-state index in [1.807, 2.05) is 0 Å². The van der Waals surface area contributed by atoms with Crippen LogP contribution in [0.5, 0.6) is 0 Å². The fourth-order valence-electron chi connectivity index (χ4n) is 3.67. The molecule has 2 saturated heterocycles. The van der Waals surface area contributed by atoms with Crippen LogP contribution in [0.15, 0.2) is 23.1 Å². The molecule has 0 amide bonds. The zero-order valence-electron chi connectivity index (χ0n) is 15.1. The van der Waals surface area contributed by atoms with Crippen molar-refractivity contribution in [1.82, 2.24) is 9.62 Å². The molecule has 8 nitrogen and oxygen atoms in total. The van der Waals surface area contributed by atoms with Crippen LogP contribution in [0.4, 0.5) is 0 Å². The molecule has 2 heterocycles. The smallest absolute Gasteiger partial charge is 0.337 e. The molecule has 3 rings (SSSR count). The summed E-state index contributed by atoms with van der Waals surface area (Å²) in [6, 6.07) is 3.57. The second kappa shape index (κ2) is 8.55. The van der Waals surface area contributed by atoms with Gasteiger partial charge in [0.1, 0.15) is 0 Å². The molecule has 1 aromatic rings. The highest BCUT2D eigenvalue weighted by atomic mass is 35.5. The standard InChI is InChI=1S/C17H22N2O6S.ClH/c1-24-16(20)11-7-12(17(21)25-2)9-15(8-11)26(22,23)19-13-3-4-14(19)10-18-6-5-13;/h7-9,13-14,18H,3-6,10H2,1-2H3;1H. The van der Waals surface area contributed by atoms with Gasteiger partial charge in [-0.1, -0.05) is 0 Å². The molecule has 0 spiro atoms. The van der Waals surface area contributed by atoms with Crippen LogP contribution in [0.1, 0.15) is 40.0 Å². The molecule has 1 N–H and O–H groups in total. The second-order valence-electron chi connectivity index (χ2n) is 6.44. The van der Waals surface area contributed by atoms with Crippen LogP contribution in [0.25, 0.3) is 0 Å². The molecule has 2 aliphatic rings. The van der Waals surface area contributed by atoms with E-state index in [9.17, 15) is 18.0 Å². The van der Waals surface area contributed by atoms with Gasteiger partial charge in [0, 0.05) is 18.6 Å². The number of methoxy groups -OCH3 is 2. The van der Waals surface area contributed by atoms with Crippen LogP contribution in [-0.4, -0.2) is 64.1 Å². The Morgan fingerprint density at radius 1 is 1.00 bits per heavy atom. The van der Waals surface area contributed by atoms with E-state index >= 15 is 0 Å². The van der Waals surface area contributed by atoms with Crippen LogP contribution in [-0.2, 0) is 19.5 Å². The van der Waals surface area contributed by atoms with Crippen LogP contribution in [0.3, 0.4) is 0 Å². The molecule has 2 bridgehead atoms. The van der Waals surface area contributed by atoms with Crippen molar-refractivity contribution in [2.24, 2.45) is 0 Å². The maximum atomic E-state index is 13.3. The quantitative estimate of drug-likeness (QED) is 0.733. The third kappa shape index (κ3) is 4.11. The van der Waals surface area contributed by atoms with E-state index < -0.39 is 22.0 Å². The van der Waals surface area contributed by atoms with Gasteiger partial charge >= 0.3 is 11.9 Å². The van der Waals surface area contributed by atoms with Crippen molar-refractivity contribution >= 4 is 34.4 Å². The summed E-state index contributed by atoms with van der Waals surface area (Å²) >= 11 is 0. The molecule has 2 unspecified atom stereocenters. The third-order valence-electron chi connectivity index (χ3n) is 4.91. The van der Waals surface area contributed by atoms with Crippen LogP contribution in [0.2, 0.25) is 0 Å². The SMILES string of the molecule is COC(=O)c1cc(C(=O)OC)cc(S(=O)(=O)N2C3CCNCC2CC3)c1.Cl. The first kappa shape index (κ1) is 21.6. The van der Waals surface area contributed by atoms with E-state index in [1.165, 1.54) is 36.7 Å². The number of hydrogen-bond acceptors (Lipinski definition) is 7. The Bertz CT molecular complexity index is 780. The summed E-state index contributed by atoms with van der Waals surface area (Å²) in [6.07, 6.45) is 2.33. The molecule has 10 heteroatoms. The largest absolute Gasteiger partial charge is 0.465 e. The number of carbonyl (C=O) groups excluding carboxylic acids is 2. The molecule has 2 fully saturated rings. The lowest BCUT2D eigenvalue weighted by Crippen LogP contribution is -2.42. The molecule has 2 aliphatic heterocycles. The van der Waals surface area contributed by atoms with Crippen LogP contribution >= 0.6 is 12.4 Å². The Kier molecular flexibility index (Phi) is 6.85. The minimum Gasteiger partial charge on any atom is -0.465 e. The lowest BCUT2D eigenvalue weighted by molar-refractivity contribution is 0.0598. The number of hydrogen-bond donors (Lipinski definition) is 1. The molecule has 150 valence electrons. The zero-order valence-corrected chi connectivity index (χ0v) is 16.8. The van der Waals surface area contributed by atoms with Crippen molar-refractivity contribution in [1.29, 1.82) is 0 Å². The first-order chi connectivity index (χ1) is 12.4. The Morgan fingerprint density at radius 3 is 2.11 bits per heavy atom. The van der Waals surface area contributed by atoms with Crippen LogP contribution in [0, 0.1) is 0 Å². The predicted molar refractivity (Wildman–Crippen MR) is 99.7 cm³/mol. The average Bonchev–Trinajstić information content (AvgIpc) is 2.93. The maximum Gasteiger partial charge on any atom is 0.337 e. The highest BCUT2D eigenvalue weighted by Gasteiger charge is 2.43. The van der Waals surface area contributed by atoms with Crippen molar-refractivity contribution in [2.75, 3.05) is 27.3 Å². The minimum atomic E-state index is -3.87. The summed E-state index contributed by atoms with van der Waals surface area (Å²) in [6.45, 7) is 1.36. The fraction of sp³-hybridized carbons (Fsp3) is 0.529. The molecule has 0 saturated carbocycles. The maximum absolute atomic E-state index is 13.3. The molecular weight excluding hydrogens is 396 g/mol. The Hall–Kier alpha value is -1.68. The van der Waals surface area contributed by atoms with Gasteiger partial charge in [0.2, 0.25) is 10.0 Å². The van der Waals surface area contributed by atoms with E-state index in [1.54, 1.807) is 0 Å². The molecule has 0 aliphatic carbocycles. The van der Waals surface area contributed by atoms with E-state index in [0.29, 0.717) is 6.54 Å². The number of ether oxygens (including phenoxy) is 2. The number of halogens is 1. The van der Waals surface area contributed by atoms with Crippen molar-refractivity contribution in [2.45, 2.75) is 36.2 Å². The van der Waals surface area contributed by atoms with Gasteiger partial charge in [-0.3, -0.25) is 0 Å². The summed E-state index contributed by atoms with van der Waals surface area (Å²) in [4.78, 5) is 23.8. The van der Waals surface area contributed by atoms with Crippen molar-refractivity contribution in [3.05, 3.63) is 29.3 Å². The number of sulfonamides is 1. The lowest BCUT2D eigenvalue weighted by atomic mass is 10.1. The zero-order chi connectivity index (χ0) is 18.9. The topological polar surface area (TPSA) is 102 Å². The minimum absolute atomic E-state index is 0. The number of benzene rings is 1. The van der Waals surface area contributed by atoms with Gasteiger partial charge < -0.3 is 14.8 Å². The summed E-state index contributed by atoms with van der Waals surface area (Å²) in [5, 5.41) is 3.26. The Labute approximate surface area is 164 Å². The number of rotatable bonds is 4. The number of nitrogens with one attached hydrogen (secondary N) is 1. The van der Waals surface area contributed by atoms with Gasteiger partial charge in [0.15, 0.2) is 0 Å². The fourth-order valence-corrected chi connectivity index (χ4v) is 5.64. The third-order valence-corrected chi connectivity index (χ3v) is 6.89. The van der Waals surface area contributed by atoms with Crippen molar-refractivity contribution < 1.29 is 27.5 Å². The Balaban J connectivity index is 0.00000261. The van der Waals surface area contributed by atoms with E-state index in [2.05, 4.69) is 14.8 Å². The molecule has 27 heavy (non-hydrogen) atoms. The van der Waals surface area contributed by atoms with Gasteiger partial charge in [0.25, 0.3) is 0 Å². The van der Waals surface area contributed by atoms with Gasteiger partial charge in [-0.15, -0.1) is 12.4 Å². The second-order valence-corrected chi connectivity index (χ2v) is 8.29. The molecule has 0 radical (unpaired) electrons. The normalized spacial score (nSPS) is 22.4. The van der Waals surface area contributed by atoms with Crippen LogP contribution < -0.4 is 5.32 Å². The van der Waals surface area contributed by atoms with Crippen molar-refractivity contribution in [3.8, 4) is 0 Å². The monoisotopic (exact) mass is 418 g/mol. The molecule has 0 aromatic heterocycles. The lowest BCUT2D eigenvalue weighted by Gasteiger charge is -2.27.